The fourth-order valence-electron chi connectivity index (χ4n) is 20.0. The molecule has 1 saturated heterocycles. The van der Waals surface area contributed by atoms with Crippen molar-refractivity contribution in [2.45, 2.75) is 219 Å². The standard InChI is InChI=1S/C81H102N2O/c1-6-55-21-25-57(26-22-55)59-31-44-68(45-32-59)83-78-20-14-12-18-74(78)75-53-62(35-52-79(75)83)61-33-42-67(43-34-61)82(66-40-29-60(30-41-66)58-27-36-63(37-28-58)80(3,4)5)69-46-51-73-72-17-11-13-19-76(72)81(77(73)54-69,64-15-9-8-10-16-64)65-38-49-71(50-39-65)84-70-47-23-56(7-2)24-48-70/h6-7,13,19-21,23-24,27,31,33,38,40,42,44-47,49,51,53,57,59-60,63-64,69-70,73-75,77,79H,1-2,8-12,14-18,22,25-26,28-30,32,34-37,39,41,43,48,50,52,54H2,3-5H3. The molecule has 12 atom stereocenters. The van der Waals surface area contributed by atoms with Crippen LogP contribution in [0.15, 0.2) is 214 Å². The van der Waals surface area contributed by atoms with Gasteiger partial charge < -0.3 is 14.5 Å². The summed E-state index contributed by atoms with van der Waals surface area (Å²) in [4.78, 5) is 5.85. The zero-order valence-electron chi connectivity index (χ0n) is 52.1. The van der Waals surface area contributed by atoms with E-state index in [-0.39, 0.29) is 11.5 Å². The van der Waals surface area contributed by atoms with Crippen LogP contribution in [-0.2, 0) is 4.74 Å². The fraction of sp³-hybridized carbons (Fsp3) is 0.556. The van der Waals surface area contributed by atoms with E-state index in [4.69, 9.17) is 4.74 Å². The maximum absolute atomic E-state index is 6.78. The third-order valence-corrected chi connectivity index (χ3v) is 24.5. The Kier molecular flexibility index (Phi) is 16.2. The van der Waals surface area contributed by atoms with Gasteiger partial charge in [0, 0.05) is 64.8 Å². The van der Waals surface area contributed by atoms with E-state index in [1.54, 1.807) is 50.5 Å². The summed E-state index contributed by atoms with van der Waals surface area (Å²) in [6.45, 7) is 15.4. The molecular weight excluding hydrogens is 1020 g/mol. The van der Waals surface area contributed by atoms with Crippen molar-refractivity contribution in [1.82, 2.24) is 9.80 Å². The Balaban J connectivity index is 0.766. The zero-order valence-corrected chi connectivity index (χ0v) is 52.1. The summed E-state index contributed by atoms with van der Waals surface area (Å²) in [7, 11) is 0. The van der Waals surface area contributed by atoms with Crippen LogP contribution in [0.3, 0.4) is 0 Å². The van der Waals surface area contributed by atoms with Crippen molar-refractivity contribution in [3.05, 3.63) is 214 Å². The lowest BCUT2D eigenvalue weighted by molar-refractivity contribution is 0.0897. The Labute approximate surface area is 508 Å². The van der Waals surface area contributed by atoms with Crippen LogP contribution in [0.5, 0.6) is 0 Å². The minimum Gasteiger partial charge on any atom is -0.490 e. The topological polar surface area (TPSA) is 15.7 Å². The monoisotopic (exact) mass is 1120 g/mol. The molecule has 2 fully saturated rings. The van der Waals surface area contributed by atoms with Gasteiger partial charge in [-0.1, -0.05) is 179 Å². The summed E-state index contributed by atoms with van der Waals surface area (Å²) < 4.78 is 6.78. The molecule has 3 heteroatoms. The molecule has 13 aliphatic carbocycles. The highest BCUT2D eigenvalue weighted by molar-refractivity contribution is 5.54. The second-order valence-electron chi connectivity index (χ2n) is 29.7. The molecule has 442 valence electrons. The van der Waals surface area contributed by atoms with Crippen LogP contribution < -0.4 is 0 Å². The molecule has 14 aliphatic rings. The molecule has 3 nitrogen and oxygen atoms in total. The lowest BCUT2D eigenvalue weighted by Crippen LogP contribution is -2.46. The molecule has 0 aromatic rings. The number of hydrogen-bond donors (Lipinski definition) is 0. The number of rotatable bonds is 13. The fourth-order valence-corrected chi connectivity index (χ4v) is 20.0. The van der Waals surface area contributed by atoms with Gasteiger partial charge in [-0.05, 0) is 235 Å². The Morgan fingerprint density at radius 2 is 1.57 bits per heavy atom. The number of hydrogen-bond acceptors (Lipinski definition) is 3. The third-order valence-electron chi connectivity index (χ3n) is 24.5. The third kappa shape index (κ3) is 10.7. The molecule has 14 rings (SSSR count). The molecule has 12 unspecified atom stereocenters. The van der Waals surface area contributed by atoms with E-state index < -0.39 is 0 Å². The van der Waals surface area contributed by atoms with Crippen LogP contribution >= 0.6 is 0 Å². The van der Waals surface area contributed by atoms with E-state index in [0.29, 0.717) is 58.9 Å². The van der Waals surface area contributed by atoms with E-state index in [9.17, 15) is 0 Å². The van der Waals surface area contributed by atoms with E-state index in [1.165, 1.54) is 170 Å². The lowest BCUT2D eigenvalue weighted by atomic mass is 9.53. The predicted octanol–water partition coefficient (Wildman–Crippen LogP) is 21.3. The van der Waals surface area contributed by atoms with Gasteiger partial charge in [0.05, 0.1) is 11.8 Å². The van der Waals surface area contributed by atoms with Crippen LogP contribution in [0.2, 0.25) is 0 Å². The number of nitrogens with zero attached hydrogens (tertiary/aromatic N) is 2. The lowest BCUT2D eigenvalue weighted by Gasteiger charge is -2.52. The first-order chi connectivity index (χ1) is 41.1. The quantitative estimate of drug-likeness (QED) is 0.171. The average molecular weight is 1120 g/mol. The van der Waals surface area contributed by atoms with Crippen LogP contribution in [-0.4, -0.2) is 28.0 Å². The summed E-state index contributed by atoms with van der Waals surface area (Å²) in [6, 6.07) is 0.932. The maximum atomic E-state index is 6.78. The van der Waals surface area contributed by atoms with Gasteiger partial charge >= 0.3 is 0 Å². The first-order valence-corrected chi connectivity index (χ1v) is 34.8. The minimum atomic E-state index is 0.0720. The summed E-state index contributed by atoms with van der Waals surface area (Å²) in [5, 5.41) is 0. The van der Waals surface area contributed by atoms with Crippen molar-refractivity contribution >= 4 is 0 Å². The minimum absolute atomic E-state index is 0.0720. The predicted molar refractivity (Wildman–Crippen MR) is 352 cm³/mol. The maximum Gasteiger partial charge on any atom is 0.120 e. The second-order valence-corrected chi connectivity index (χ2v) is 29.7. The largest absolute Gasteiger partial charge is 0.490 e. The molecule has 1 saturated carbocycles. The number of likely N-dealkylation sites (tertiary alicyclic amines) is 1. The summed E-state index contributed by atoms with van der Waals surface area (Å²) in [6.07, 6.45) is 87.8. The van der Waals surface area contributed by atoms with E-state index in [0.717, 1.165) is 43.9 Å². The smallest absolute Gasteiger partial charge is 0.120 e. The van der Waals surface area contributed by atoms with Gasteiger partial charge in [-0.25, -0.2) is 0 Å². The van der Waals surface area contributed by atoms with E-state index in [2.05, 4.69) is 165 Å². The molecule has 0 radical (unpaired) electrons. The summed E-state index contributed by atoms with van der Waals surface area (Å²) in [5.41, 5.74) is 19.8. The zero-order chi connectivity index (χ0) is 56.9. The van der Waals surface area contributed by atoms with Gasteiger partial charge in [-0.3, -0.25) is 0 Å². The van der Waals surface area contributed by atoms with Crippen LogP contribution in [0.25, 0.3) is 0 Å². The van der Waals surface area contributed by atoms with E-state index in [1.807, 2.05) is 6.08 Å². The Bertz CT molecular complexity index is 3120. The molecule has 0 spiro atoms. The van der Waals surface area contributed by atoms with Crippen molar-refractivity contribution in [1.29, 1.82) is 0 Å². The molecule has 0 aromatic heterocycles. The van der Waals surface area contributed by atoms with Gasteiger partial charge in [0.25, 0.3) is 0 Å². The number of fused-ring (bicyclic) bond motifs is 5. The molecule has 0 aromatic carbocycles. The average Bonchev–Trinajstić information content (AvgIpc) is 1.98. The normalized spacial score (nSPS) is 35.9. The first kappa shape index (κ1) is 56.5. The van der Waals surface area contributed by atoms with Gasteiger partial charge in [-0.15, -0.1) is 0 Å². The van der Waals surface area contributed by atoms with Crippen LogP contribution in [0.1, 0.15) is 201 Å². The van der Waals surface area contributed by atoms with Crippen molar-refractivity contribution < 1.29 is 4.74 Å². The first-order valence-electron chi connectivity index (χ1n) is 34.8. The molecule has 0 amide bonds. The van der Waals surface area contributed by atoms with Gasteiger partial charge in [0.15, 0.2) is 0 Å². The van der Waals surface area contributed by atoms with E-state index >= 15 is 0 Å². The second kappa shape index (κ2) is 24.1. The summed E-state index contributed by atoms with van der Waals surface area (Å²) >= 11 is 0. The van der Waals surface area contributed by atoms with Gasteiger partial charge in [0.1, 0.15) is 6.10 Å². The SMILES string of the molecule is C=CC1=CCC(OC2=CC=C(C3(C4CCCCC4)C4=C(CCC=C4)C4C=CC(N(C5=CC=C(C6=CC7C8CCCC=C8N(C8=CCC(C9CC=C(C=C)CC9)C=C8)C7CC6)CC5)C5=CCC(C6=CCC(C(C)(C)C)CC6)CC5)CC43)CC2)C=C1. The van der Waals surface area contributed by atoms with Crippen molar-refractivity contribution in [3.8, 4) is 0 Å². The Morgan fingerprint density at radius 1 is 0.655 bits per heavy atom. The van der Waals surface area contributed by atoms with Gasteiger partial charge in [-0.2, -0.15) is 0 Å². The summed E-state index contributed by atoms with van der Waals surface area (Å²) in [5.74, 6) is 7.12. The molecule has 84 heavy (non-hydrogen) atoms. The molecular formula is C81H102N2O. The Morgan fingerprint density at radius 3 is 2.29 bits per heavy atom. The highest BCUT2D eigenvalue weighted by atomic mass is 16.5. The van der Waals surface area contributed by atoms with Crippen molar-refractivity contribution in [3.63, 3.8) is 0 Å². The molecule has 0 N–H and O–H groups in total. The van der Waals surface area contributed by atoms with Crippen LogP contribution in [0, 0.1) is 64.1 Å². The van der Waals surface area contributed by atoms with Crippen LogP contribution in [0.4, 0.5) is 0 Å². The molecule has 0 bridgehead atoms. The Hall–Kier alpha value is -5.28. The highest BCUT2D eigenvalue weighted by Crippen LogP contribution is 2.67. The number of allylic oxidation sites excluding steroid dienone is 29. The van der Waals surface area contributed by atoms with Gasteiger partial charge in [0.2, 0.25) is 0 Å². The van der Waals surface area contributed by atoms with Crippen molar-refractivity contribution in [2.75, 3.05) is 0 Å². The number of ether oxygens (including phenoxy) is 1. The molecule has 1 aliphatic heterocycles. The molecule has 1 heterocycles. The van der Waals surface area contributed by atoms with Crippen molar-refractivity contribution in [2.24, 2.45) is 64.1 Å². The highest BCUT2D eigenvalue weighted by Gasteiger charge is 2.59.